The topological polar surface area (TPSA) is 354 Å². The Balaban J connectivity index is 0.000000243. The van der Waals surface area contributed by atoms with Crippen molar-refractivity contribution in [3.05, 3.63) is 210 Å². The van der Waals surface area contributed by atoms with Crippen molar-refractivity contribution in [2.45, 2.75) is 144 Å². The second-order valence-corrected chi connectivity index (χ2v) is 39.2. The van der Waals surface area contributed by atoms with Gasteiger partial charge in [-0.1, -0.05) is 151 Å². The van der Waals surface area contributed by atoms with E-state index in [9.17, 15) is 52.7 Å². The Kier molecular flexibility index (Phi) is 42.5. The third-order valence-corrected chi connectivity index (χ3v) is 29.1. The lowest BCUT2D eigenvalue weighted by atomic mass is 10.1. The molecule has 135 heavy (non-hydrogen) atoms. The Labute approximate surface area is 820 Å². The molecule has 4 aromatic carbocycles. The van der Waals surface area contributed by atoms with Gasteiger partial charge in [0.1, 0.15) is 23.1 Å². The van der Waals surface area contributed by atoms with E-state index in [0.29, 0.717) is 166 Å². The Bertz CT molecular complexity index is 5690. The monoisotopic (exact) mass is 1970 g/mol. The van der Waals surface area contributed by atoms with Gasteiger partial charge in [0.2, 0.25) is 41.4 Å². The molecule has 4 saturated heterocycles. The molecule has 15 rings (SSSR count). The van der Waals surface area contributed by atoms with Gasteiger partial charge in [0.05, 0.1) is 69.2 Å². The lowest BCUT2D eigenvalue weighted by Crippen LogP contribution is -2.50. The minimum absolute atomic E-state index is 0. The summed E-state index contributed by atoms with van der Waals surface area (Å²) in [7, 11) is 4.67. The first-order chi connectivity index (χ1) is 62.6. The summed E-state index contributed by atoms with van der Waals surface area (Å²) in [5, 5.41) is 14.1. The number of carbonyl (C=O) groups is 11. The molecule has 31 nitrogen and oxygen atoms in total. The molecule has 4 N–H and O–H groups in total. The fraction of sp³-hybridized carbons (Fsp3) is 0.381. The largest absolute Gasteiger partial charge is 0.496 e. The van der Waals surface area contributed by atoms with Gasteiger partial charge in [0, 0.05) is 167 Å². The van der Waals surface area contributed by atoms with Crippen LogP contribution in [0.3, 0.4) is 0 Å². The van der Waals surface area contributed by atoms with E-state index < -0.39 is 0 Å². The average molecular weight is 1980 g/mol. The van der Waals surface area contributed by atoms with E-state index in [1.807, 2.05) is 118 Å². The third-order valence-electron chi connectivity index (χ3n) is 21.7. The van der Waals surface area contributed by atoms with Crippen LogP contribution in [-0.2, 0) is 40.0 Å². The standard InChI is InChI=1S/C26H29N5O3S2.C23H26N4O4S2.C22H24N4O3S.C21H24N4O4S2.5CH4/c1-5-23(32)31-12-8-11-30(16-18(31)3)25(33)19-14-21(17(2)13-20(19)34-4)35-24-15-28-26(36-24)29-22-9-6-7-10-27-22;1-4-19(28)26-7-9-27(10-8-26)22(30)16-12-18(14(2)11-17(16)31-3)32-20-13-24-23(33-20)25-21(29)15-5-6-15;1-2-19(27)25-8-10-26(11-9-25)21(29)17-5-3-4-15(12-17)13-18-14-23-22(30-18)24-20(28)16-6-7-16;1-5-18(27)24-6-8-25(9-7-24)20(28)15-11-17(13(2)10-16(15)29-4)30-19-12-22-21(31-19)23-14(3)26;;;;;/h5-7,9-10,13-15,18H,1,8,11-12,16H2,2-4H3,(H,27,28,29);4,11-13,15H,1,5-10H2,2-3H3,(H,24,25,29);2-5,12,14,16H,1,6-11,13H2,(H,23,24,28);5,10-12H,1,6-9H2,2-4H3,(H,22,23,26);5*1H4/t18-;;;;;;;;/m1......../s1. The molecule has 2 saturated carbocycles. The van der Waals surface area contributed by atoms with Crippen LogP contribution in [0.15, 0.2) is 188 Å². The van der Waals surface area contributed by atoms with Crippen LogP contribution in [0.25, 0.3) is 0 Å². The predicted octanol–water partition coefficient (Wildman–Crippen LogP) is 17.2. The van der Waals surface area contributed by atoms with Crippen molar-refractivity contribution in [2.24, 2.45) is 11.8 Å². The van der Waals surface area contributed by atoms with Crippen molar-refractivity contribution in [2.75, 3.05) is 141 Å². The number of anilines is 5. The molecule has 2 aliphatic carbocycles. The predicted molar refractivity (Wildman–Crippen MR) is 541 cm³/mol. The second-order valence-electron chi connectivity index (χ2n) is 30.9. The molecular weight excluding hydrogens is 1850 g/mol. The van der Waals surface area contributed by atoms with Crippen LogP contribution in [0.1, 0.15) is 152 Å². The van der Waals surface area contributed by atoms with E-state index in [0.717, 1.165) is 91.1 Å². The van der Waals surface area contributed by atoms with E-state index in [1.165, 1.54) is 100 Å². The minimum atomic E-state index is -0.172. The molecule has 0 unspecified atom stereocenters. The van der Waals surface area contributed by atoms with Crippen LogP contribution >= 0.6 is 80.6 Å². The fourth-order valence-electron chi connectivity index (χ4n) is 14.3. The highest BCUT2D eigenvalue weighted by atomic mass is 32.2. The van der Waals surface area contributed by atoms with Gasteiger partial charge < -0.3 is 74.7 Å². The van der Waals surface area contributed by atoms with Crippen molar-refractivity contribution in [3.63, 3.8) is 0 Å². The Morgan fingerprint density at radius 2 is 0.815 bits per heavy atom. The van der Waals surface area contributed by atoms with Gasteiger partial charge >= 0.3 is 0 Å². The highest BCUT2D eigenvalue weighted by molar-refractivity contribution is 8.01. The Hall–Kier alpha value is -12.1. The van der Waals surface area contributed by atoms with Crippen molar-refractivity contribution in [1.82, 2.24) is 64.1 Å². The Morgan fingerprint density at radius 3 is 1.21 bits per heavy atom. The summed E-state index contributed by atoms with van der Waals surface area (Å²) in [5.41, 5.74) is 6.09. The number of amides is 11. The van der Waals surface area contributed by atoms with E-state index in [2.05, 4.69) is 72.5 Å². The van der Waals surface area contributed by atoms with Gasteiger partial charge in [-0.3, -0.25) is 52.7 Å². The lowest BCUT2D eigenvalue weighted by Gasteiger charge is -2.34. The number of aromatic nitrogens is 5. The van der Waals surface area contributed by atoms with Crippen LogP contribution < -0.4 is 35.5 Å². The second kappa shape index (κ2) is 52.1. The van der Waals surface area contributed by atoms with Crippen LogP contribution in [0.2, 0.25) is 0 Å². The maximum absolute atomic E-state index is 13.6. The number of nitrogens with one attached hydrogen (secondary N) is 4. The van der Waals surface area contributed by atoms with Gasteiger partial charge in [0.15, 0.2) is 20.5 Å². The molecule has 6 aliphatic rings. The number of ether oxygens (including phenoxy) is 3. The van der Waals surface area contributed by atoms with Crippen molar-refractivity contribution >= 4 is 172 Å². The summed E-state index contributed by atoms with van der Waals surface area (Å²) in [6, 6.07) is 24.4. The number of hydrogen-bond acceptors (Lipinski definition) is 27. The van der Waals surface area contributed by atoms with Gasteiger partial charge in [-0.05, 0) is 167 Å². The minimum Gasteiger partial charge on any atom is -0.496 e. The first-order valence-electron chi connectivity index (χ1n) is 42.1. The quantitative estimate of drug-likeness (QED) is 0.0366. The third kappa shape index (κ3) is 30.0. The molecule has 5 aromatic heterocycles. The molecule has 0 spiro atoms. The zero-order valence-electron chi connectivity index (χ0n) is 73.5. The molecule has 11 amide bonds. The molecule has 722 valence electrons. The molecular formula is C97H123N17O14S7. The van der Waals surface area contributed by atoms with E-state index in [4.69, 9.17) is 14.2 Å². The first-order valence-corrected chi connectivity index (χ1v) is 47.8. The number of pyridine rings is 1. The highest BCUT2D eigenvalue weighted by Gasteiger charge is 2.35. The molecule has 6 fully saturated rings. The van der Waals surface area contributed by atoms with Crippen molar-refractivity contribution in [3.8, 4) is 17.2 Å². The number of aryl methyl sites for hydroxylation is 3. The number of rotatable bonds is 26. The fourth-order valence-corrected chi connectivity index (χ4v) is 21.0. The van der Waals surface area contributed by atoms with E-state index in [1.54, 1.807) is 92.2 Å². The number of nitrogens with zero attached hydrogens (tertiary/aromatic N) is 13. The molecule has 0 bridgehead atoms. The number of methoxy groups -OCH3 is 3. The molecule has 9 heterocycles. The summed E-state index contributed by atoms with van der Waals surface area (Å²) < 4.78 is 19.4. The summed E-state index contributed by atoms with van der Waals surface area (Å²) in [6.07, 6.45) is 19.1. The molecule has 38 heteroatoms. The summed E-state index contributed by atoms with van der Waals surface area (Å²) in [6.45, 7) is 30.9. The number of piperazine rings is 3. The SMILES string of the molecule is C.C.C.C.C.C=CC(=O)N1CCCN(C(=O)c2cc(Sc3cnc(Nc4ccccn4)s3)c(C)cc2OC)C[C@H]1C.C=CC(=O)N1CCN(C(=O)c2cc(Sc3cnc(NC(=O)C4CC4)s3)c(C)cc2OC)CC1.C=CC(=O)N1CCN(C(=O)c2cc(Sc3cnc(NC(C)=O)s3)c(C)cc2OC)CC1.C=CC(=O)N1CCN(C(=O)c2cccc(Cc3cnc(NC(=O)C4CC4)s3)c2)CC1. The van der Waals surface area contributed by atoms with Crippen molar-refractivity contribution < 1.29 is 67.0 Å². The summed E-state index contributed by atoms with van der Waals surface area (Å²) in [4.78, 5) is 175. The number of thiazole rings is 4. The first kappa shape index (κ1) is 110. The van der Waals surface area contributed by atoms with Gasteiger partial charge in [-0.15, -0.1) is 11.3 Å². The van der Waals surface area contributed by atoms with E-state index >= 15 is 0 Å². The zero-order chi connectivity index (χ0) is 92.8. The maximum atomic E-state index is 13.6. The average Bonchev–Trinajstić information content (AvgIpc) is 1.64. The summed E-state index contributed by atoms with van der Waals surface area (Å²) in [5.74, 6) is 1.67. The molecule has 0 radical (unpaired) electrons. The van der Waals surface area contributed by atoms with Crippen LogP contribution in [0.4, 0.5) is 26.3 Å². The molecule has 1 atom stereocenters. The summed E-state index contributed by atoms with van der Waals surface area (Å²) >= 11 is 10.3. The van der Waals surface area contributed by atoms with Crippen LogP contribution in [-0.4, -0.2) is 255 Å². The lowest BCUT2D eigenvalue weighted by molar-refractivity contribution is -0.128. The number of carbonyl (C=O) groups excluding carboxylic acids is 11. The number of benzene rings is 4. The van der Waals surface area contributed by atoms with Crippen LogP contribution in [0.5, 0.6) is 17.2 Å². The van der Waals surface area contributed by atoms with Gasteiger partial charge in [-0.25, -0.2) is 24.9 Å². The molecule has 4 aliphatic heterocycles. The van der Waals surface area contributed by atoms with Gasteiger partial charge in [0.25, 0.3) is 23.6 Å². The normalized spacial score (nSPS) is 14.8. The maximum Gasteiger partial charge on any atom is 0.257 e. The van der Waals surface area contributed by atoms with Gasteiger partial charge in [-0.2, -0.15) is 0 Å². The van der Waals surface area contributed by atoms with Crippen LogP contribution in [0, 0.1) is 32.6 Å². The van der Waals surface area contributed by atoms with E-state index in [-0.39, 0.29) is 120 Å². The zero-order valence-corrected chi connectivity index (χ0v) is 79.2. The molecule has 9 aromatic rings. The highest BCUT2D eigenvalue weighted by Crippen LogP contribution is 2.43. The van der Waals surface area contributed by atoms with Crippen molar-refractivity contribution in [1.29, 1.82) is 0 Å². The number of hydrogen-bond donors (Lipinski definition) is 4. The Morgan fingerprint density at radius 1 is 0.430 bits per heavy atom. The smallest absolute Gasteiger partial charge is 0.257 e.